The van der Waals surface area contributed by atoms with Gasteiger partial charge in [-0.25, -0.2) is 0 Å². The summed E-state index contributed by atoms with van der Waals surface area (Å²) in [5.74, 6) is 0. The SMILES string of the molecule is CC(C)=C[C]=N. The number of hydrogen-bond acceptors (Lipinski definition) is 1. The van der Waals surface area contributed by atoms with E-state index in [-0.39, 0.29) is 0 Å². The van der Waals surface area contributed by atoms with Gasteiger partial charge in [0.25, 0.3) is 0 Å². The van der Waals surface area contributed by atoms with E-state index in [1.165, 1.54) is 0 Å². The number of rotatable bonds is 1. The number of hydrogen-bond donors (Lipinski definition) is 1. The summed E-state index contributed by atoms with van der Waals surface area (Å²) in [6.07, 6.45) is 3.78. The Labute approximate surface area is 38.2 Å². The third-order valence-electron chi connectivity index (χ3n) is 0.361. The van der Waals surface area contributed by atoms with Crippen molar-refractivity contribution in [1.29, 1.82) is 5.41 Å². The van der Waals surface area contributed by atoms with Crippen molar-refractivity contribution in [1.82, 2.24) is 0 Å². The summed E-state index contributed by atoms with van der Waals surface area (Å²) < 4.78 is 0. The maximum atomic E-state index is 6.41. The van der Waals surface area contributed by atoms with Gasteiger partial charge in [-0.05, 0) is 19.9 Å². The maximum Gasteiger partial charge on any atom is 0.0788 e. The molecule has 0 rings (SSSR count). The summed E-state index contributed by atoms with van der Waals surface area (Å²) in [6.45, 7) is 3.86. The molecule has 0 aromatic heterocycles. The van der Waals surface area contributed by atoms with Crippen molar-refractivity contribution in [2.24, 2.45) is 0 Å². The van der Waals surface area contributed by atoms with Gasteiger partial charge in [-0.3, -0.25) is 5.41 Å². The van der Waals surface area contributed by atoms with Gasteiger partial charge in [0.15, 0.2) is 0 Å². The summed E-state index contributed by atoms with van der Waals surface area (Å²) in [5.41, 5.74) is 1.12. The zero-order valence-corrected chi connectivity index (χ0v) is 4.08. The van der Waals surface area contributed by atoms with E-state index >= 15 is 0 Å². The molecule has 0 heterocycles. The Morgan fingerprint density at radius 1 is 1.67 bits per heavy atom. The maximum absolute atomic E-state index is 6.41. The topological polar surface area (TPSA) is 23.9 Å². The van der Waals surface area contributed by atoms with Crippen LogP contribution in [-0.2, 0) is 0 Å². The van der Waals surface area contributed by atoms with E-state index < -0.39 is 0 Å². The van der Waals surface area contributed by atoms with Crippen LogP contribution in [0.15, 0.2) is 11.6 Å². The third-order valence-corrected chi connectivity index (χ3v) is 0.361. The molecule has 1 nitrogen and oxygen atoms in total. The molecule has 0 bridgehead atoms. The van der Waals surface area contributed by atoms with Gasteiger partial charge in [0.1, 0.15) is 0 Å². The lowest BCUT2D eigenvalue weighted by molar-refractivity contribution is 1.40. The van der Waals surface area contributed by atoms with Crippen molar-refractivity contribution in [3.63, 3.8) is 0 Å². The molecule has 1 heteroatoms. The molecule has 0 spiro atoms. The average molecular weight is 82.1 g/mol. The fraction of sp³-hybridized carbons (Fsp3) is 0.400. The summed E-state index contributed by atoms with van der Waals surface area (Å²) >= 11 is 0. The van der Waals surface area contributed by atoms with Crippen molar-refractivity contribution >= 4 is 6.21 Å². The van der Waals surface area contributed by atoms with Crippen LogP contribution >= 0.6 is 0 Å². The summed E-state index contributed by atoms with van der Waals surface area (Å²) in [7, 11) is 0. The summed E-state index contributed by atoms with van der Waals surface area (Å²) in [4.78, 5) is 0. The standard InChI is InChI=1S/C5H8N/c1-5(2)3-4-6/h3,6H,1-2H3. The Balaban J connectivity index is 3.41. The van der Waals surface area contributed by atoms with E-state index in [2.05, 4.69) is 6.21 Å². The van der Waals surface area contributed by atoms with Gasteiger partial charge in [0, 0.05) is 0 Å². The molecule has 0 fully saturated rings. The molecule has 0 aliphatic heterocycles. The molecule has 1 radical (unpaired) electrons. The van der Waals surface area contributed by atoms with Crippen molar-refractivity contribution < 1.29 is 0 Å². The summed E-state index contributed by atoms with van der Waals surface area (Å²) in [5, 5.41) is 6.41. The highest BCUT2D eigenvalue weighted by atomic mass is 14.3. The molecule has 0 atom stereocenters. The predicted octanol–water partition coefficient (Wildman–Crippen LogP) is 1.48. The molecule has 0 saturated heterocycles. The van der Waals surface area contributed by atoms with Gasteiger partial charge < -0.3 is 0 Å². The first-order valence-corrected chi connectivity index (χ1v) is 1.83. The fourth-order valence-corrected chi connectivity index (χ4v) is 0.144. The van der Waals surface area contributed by atoms with Crippen LogP contribution in [0.25, 0.3) is 0 Å². The van der Waals surface area contributed by atoms with Crippen LogP contribution < -0.4 is 0 Å². The Hall–Kier alpha value is -0.590. The Morgan fingerprint density at radius 2 is 2.17 bits per heavy atom. The Bertz CT molecular complexity index is 68.0. The second-order valence-corrected chi connectivity index (χ2v) is 1.37. The van der Waals surface area contributed by atoms with E-state index in [9.17, 15) is 0 Å². The van der Waals surface area contributed by atoms with Crippen LogP contribution in [0.5, 0.6) is 0 Å². The van der Waals surface area contributed by atoms with E-state index in [0.717, 1.165) is 5.57 Å². The minimum atomic E-state index is 1.12. The molecule has 0 aromatic carbocycles. The fourth-order valence-electron chi connectivity index (χ4n) is 0.144. The molecule has 0 unspecified atom stereocenters. The molecule has 33 valence electrons. The monoisotopic (exact) mass is 82.1 g/mol. The molecule has 6 heavy (non-hydrogen) atoms. The van der Waals surface area contributed by atoms with Gasteiger partial charge in [-0.15, -0.1) is 0 Å². The largest absolute Gasteiger partial charge is 0.299 e. The Kier molecular flexibility index (Phi) is 2.38. The first-order valence-electron chi connectivity index (χ1n) is 1.83. The van der Waals surface area contributed by atoms with E-state index in [0.29, 0.717) is 0 Å². The lowest BCUT2D eigenvalue weighted by Crippen LogP contribution is -1.61. The zero-order chi connectivity index (χ0) is 4.99. The average Bonchev–Trinajstić information content (AvgIpc) is 1.35. The number of nitrogens with one attached hydrogen (secondary N) is 1. The second-order valence-electron chi connectivity index (χ2n) is 1.37. The molecular formula is C5H8N. The van der Waals surface area contributed by atoms with Gasteiger partial charge in [0.2, 0.25) is 0 Å². The molecule has 0 saturated carbocycles. The van der Waals surface area contributed by atoms with Gasteiger partial charge >= 0.3 is 0 Å². The van der Waals surface area contributed by atoms with Crippen LogP contribution in [0.2, 0.25) is 0 Å². The van der Waals surface area contributed by atoms with Crippen molar-refractivity contribution in [3.8, 4) is 0 Å². The highest BCUT2D eigenvalue weighted by Crippen LogP contribution is 1.81. The minimum absolute atomic E-state index is 1.12. The van der Waals surface area contributed by atoms with Crippen LogP contribution in [0.3, 0.4) is 0 Å². The van der Waals surface area contributed by atoms with Crippen molar-refractivity contribution in [2.45, 2.75) is 13.8 Å². The summed E-state index contributed by atoms with van der Waals surface area (Å²) in [6, 6.07) is 0. The highest BCUT2D eigenvalue weighted by Gasteiger charge is 1.65. The van der Waals surface area contributed by atoms with Crippen molar-refractivity contribution in [2.75, 3.05) is 0 Å². The molecule has 0 aliphatic carbocycles. The van der Waals surface area contributed by atoms with Crippen molar-refractivity contribution in [3.05, 3.63) is 11.6 Å². The van der Waals surface area contributed by atoms with E-state index in [1.807, 2.05) is 13.8 Å². The van der Waals surface area contributed by atoms with E-state index in [1.54, 1.807) is 6.08 Å². The van der Waals surface area contributed by atoms with Crippen LogP contribution in [0.4, 0.5) is 0 Å². The molecule has 0 aromatic rings. The molecule has 1 N–H and O–H groups in total. The highest BCUT2D eigenvalue weighted by molar-refractivity contribution is 5.68. The van der Waals surface area contributed by atoms with Crippen LogP contribution in [-0.4, -0.2) is 6.21 Å². The van der Waals surface area contributed by atoms with Crippen LogP contribution in [0.1, 0.15) is 13.8 Å². The lowest BCUT2D eigenvalue weighted by Gasteiger charge is -1.74. The Morgan fingerprint density at radius 3 is 2.17 bits per heavy atom. The van der Waals surface area contributed by atoms with Crippen LogP contribution in [0, 0.1) is 5.41 Å². The number of allylic oxidation sites excluding steroid dienone is 2. The van der Waals surface area contributed by atoms with Gasteiger partial charge in [-0.2, -0.15) is 0 Å². The van der Waals surface area contributed by atoms with Gasteiger partial charge in [-0.1, -0.05) is 5.57 Å². The first-order chi connectivity index (χ1) is 2.77. The first kappa shape index (κ1) is 5.41. The lowest BCUT2D eigenvalue weighted by atomic mass is 10.3. The van der Waals surface area contributed by atoms with Gasteiger partial charge in [0.05, 0.1) is 6.21 Å². The third kappa shape index (κ3) is 3.41. The predicted molar refractivity (Wildman–Crippen MR) is 27.2 cm³/mol. The molecule has 0 aliphatic rings. The molecule has 0 amide bonds. The normalized spacial score (nSPS) is 7.00. The molecular weight excluding hydrogens is 74.1 g/mol. The smallest absolute Gasteiger partial charge is 0.0788 e. The van der Waals surface area contributed by atoms with E-state index in [4.69, 9.17) is 5.41 Å². The zero-order valence-electron chi connectivity index (χ0n) is 4.08. The minimum Gasteiger partial charge on any atom is -0.299 e. The second kappa shape index (κ2) is 2.64. The quantitative estimate of drug-likeness (QED) is 0.463.